The second kappa shape index (κ2) is 7.37. The molecule has 0 bridgehead atoms. The lowest BCUT2D eigenvalue weighted by molar-refractivity contribution is -0.442. The molecule has 0 aliphatic rings. The van der Waals surface area contributed by atoms with E-state index in [1.165, 1.54) is 0 Å². The van der Waals surface area contributed by atoms with Gasteiger partial charge >= 0.3 is 24.8 Å². The number of carbonyl (C=O) groups excluding carboxylic acids is 1. The molecule has 1 atom stereocenters. The van der Waals surface area contributed by atoms with E-state index in [1.54, 1.807) is 0 Å². The summed E-state index contributed by atoms with van der Waals surface area (Å²) in [6.45, 7) is -1.37. The van der Waals surface area contributed by atoms with Crippen LogP contribution in [-0.2, 0) is 9.53 Å². The molecular weight excluding hydrogens is 377 g/mol. The van der Waals surface area contributed by atoms with Crippen molar-refractivity contribution < 1.29 is 53.8 Å². The molecule has 1 rings (SSSR count). The van der Waals surface area contributed by atoms with Crippen molar-refractivity contribution in [3.05, 3.63) is 24.3 Å². The molecule has 0 heterocycles. The van der Waals surface area contributed by atoms with Crippen LogP contribution in [0.3, 0.4) is 0 Å². The van der Waals surface area contributed by atoms with Gasteiger partial charge in [-0.05, 0) is 24.3 Å². The van der Waals surface area contributed by atoms with Crippen LogP contribution >= 0.6 is 0 Å². The maximum atomic E-state index is 13.2. The number of alkyl halides is 9. The van der Waals surface area contributed by atoms with Gasteiger partial charge in [0, 0.05) is 5.69 Å². The third kappa shape index (κ3) is 5.69. The molecule has 0 aliphatic carbocycles. The molecule has 0 radical (unpaired) electrons. The number of anilines is 1. The van der Waals surface area contributed by atoms with Crippen LogP contribution in [0.2, 0.25) is 0 Å². The van der Waals surface area contributed by atoms with Crippen molar-refractivity contribution in [1.29, 1.82) is 0 Å². The lowest BCUT2D eigenvalue weighted by Gasteiger charge is -2.26. The number of benzene rings is 1. The van der Waals surface area contributed by atoms with Gasteiger partial charge in [0.1, 0.15) is 5.75 Å². The van der Waals surface area contributed by atoms with Crippen molar-refractivity contribution >= 4 is 11.6 Å². The highest BCUT2D eigenvalue weighted by Crippen LogP contribution is 2.40. The fraction of sp³-hybridized carbons (Fsp3) is 0.417. The van der Waals surface area contributed by atoms with Gasteiger partial charge in [-0.25, -0.2) is 8.78 Å². The van der Waals surface area contributed by atoms with Crippen LogP contribution in [0.4, 0.5) is 45.2 Å². The number of rotatable bonds is 7. The smallest absolute Gasteiger partial charge is 0.429 e. The zero-order valence-electron chi connectivity index (χ0n) is 11.7. The fourth-order valence-electron chi connectivity index (χ4n) is 1.27. The fourth-order valence-corrected chi connectivity index (χ4v) is 1.27. The van der Waals surface area contributed by atoms with E-state index in [4.69, 9.17) is 0 Å². The maximum absolute atomic E-state index is 13.2. The highest BCUT2D eigenvalue weighted by atomic mass is 19.4. The number of carbonyl (C=O) groups is 1. The number of ether oxygens (including phenoxy) is 2. The monoisotopic (exact) mass is 385 g/mol. The molecule has 0 aromatic heterocycles. The maximum Gasteiger partial charge on any atom is 0.483 e. The van der Waals surface area contributed by atoms with E-state index in [2.05, 4.69) is 9.47 Å². The summed E-state index contributed by atoms with van der Waals surface area (Å²) in [6.07, 6.45) is -22.2. The van der Waals surface area contributed by atoms with Crippen LogP contribution in [0.25, 0.3) is 0 Å². The van der Waals surface area contributed by atoms with E-state index in [0.717, 1.165) is 12.1 Å². The quantitative estimate of drug-likeness (QED) is 0.721. The number of amides is 1. The van der Waals surface area contributed by atoms with Crippen LogP contribution in [0, 0.1) is 0 Å². The molecule has 0 spiro atoms. The summed E-state index contributed by atoms with van der Waals surface area (Å²) in [7, 11) is 0. The first-order chi connectivity index (χ1) is 11.3. The van der Waals surface area contributed by atoms with Crippen molar-refractivity contribution in [2.45, 2.75) is 24.8 Å². The van der Waals surface area contributed by atoms with Crippen LogP contribution in [0.15, 0.2) is 24.3 Å². The summed E-state index contributed by atoms with van der Waals surface area (Å²) in [5.74, 6) is -1.92. The van der Waals surface area contributed by atoms with Crippen molar-refractivity contribution in [3.63, 3.8) is 0 Å². The van der Waals surface area contributed by atoms with E-state index in [-0.39, 0.29) is 5.69 Å². The van der Waals surface area contributed by atoms with Crippen molar-refractivity contribution in [3.8, 4) is 5.75 Å². The van der Waals surface area contributed by atoms with Crippen molar-refractivity contribution in [2.24, 2.45) is 0 Å². The second-order valence-electron chi connectivity index (χ2n) is 4.32. The highest BCUT2D eigenvalue weighted by molar-refractivity contribution is 5.91. The van der Waals surface area contributed by atoms with Gasteiger partial charge in [0.05, 0.1) is 0 Å². The van der Waals surface area contributed by atoms with Crippen molar-refractivity contribution in [1.82, 2.24) is 0 Å². The molecule has 1 aromatic rings. The third-order valence-corrected chi connectivity index (χ3v) is 2.36. The van der Waals surface area contributed by atoms with Gasteiger partial charge in [-0.1, -0.05) is 0 Å². The lowest BCUT2D eigenvalue weighted by Crippen LogP contribution is -2.48. The van der Waals surface area contributed by atoms with Crippen LogP contribution in [0.5, 0.6) is 5.75 Å². The molecule has 25 heavy (non-hydrogen) atoms. The molecule has 13 heteroatoms. The summed E-state index contributed by atoms with van der Waals surface area (Å²) in [4.78, 5) is 10.7. The predicted molar refractivity (Wildman–Crippen MR) is 63.6 cm³/mol. The number of hydrogen-bond acceptors (Lipinski definition) is 3. The minimum Gasteiger partial charge on any atom is -0.429 e. The first-order valence-electron chi connectivity index (χ1n) is 6.07. The molecule has 1 aromatic carbocycles. The Morgan fingerprint density at radius 2 is 1.56 bits per heavy atom. The topological polar surface area (TPSA) is 47.6 Å². The zero-order chi connectivity index (χ0) is 19.5. The van der Waals surface area contributed by atoms with E-state index < -0.39 is 43.1 Å². The van der Waals surface area contributed by atoms with E-state index in [1.807, 2.05) is 5.32 Å². The average Bonchev–Trinajstić information content (AvgIpc) is 2.47. The average molecular weight is 385 g/mol. The summed E-state index contributed by atoms with van der Waals surface area (Å²) in [6, 6.07) is 3.18. The Morgan fingerprint density at radius 3 is 2.00 bits per heavy atom. The molecule has 142 valence electrons. The second-order valence-corrected chi connectivity index (χ2v) is 4.32. The zero-order valence-corrected chi connectivity index (χ0v) is 11.7. The van der Waals surface area contributed by atoms with Gasteiger partial charge < -0.3 is 10.1 Å². The Bertz CT molecular complexity index is 588. The van der Waals surface area contributed by atoms with Crippen LogP contribution in [-0.4, -0.2) is 37.3 Å². The summed E-state index contributed by atoms with van der Waals surface area (Å²) in [5.41, 5.74) is -0.0741. The number of halogens is 9. The Balaban J connectivity index is 2.78. The van der Waals surface area contributed by atoms with E-state index in [0.29, 0.717) is 12.1 Å². The lowest BCUT2D eigenvalue weighted by atomic mass is 10.3. The predicted octanol–water partition coefficient (Wildman–Crippen LogP) is 4.03. The first kappa shape index (κ1) is 20.9. The molecule has 0 saturated carbocycles. The van der Waals surface area contributed by atoms with Crippen molar-refractivity contribution in [2.75, 3.05) is 12.0 Å². The van der Waals surface area contributed by atoms with Crippen LogP contribution < -0.4 is 10.1 Å². The van der Waals surface area contributed by atoms with Gasteiger partial charge in [-0.3, -0.25) is 9.53 Å². The summed E-state index contributed by atoms with van der Waals surface area (Å²) < 4.78 is 118. The molecule has 0 saturated heterocycles. The summed E-state index contributed by atoms with van der Waals surface area (Å²) >= 11 is 0. The highest BCUT2D eigenvalue weighted by Gasteiger charge is 2.64. The Morgan fingerprint density at radius 1 is 1.04 bits per heavy atom. The Kier molecular flexibility index (Phi) is 6.15. The van der Waals surface area contributed by atoms with Gasteiger partial charge in [0.15, 0.2) is 6.67 Å². The standard InChI is InChI=1S/C12H8F9NO3/c13-5-8(23)22-6-1-3-7(4-2-6)24-10(15,16)9(14)25-12(20,21)11(17,18)19/h1-4,9H,5H2,(H,22,23). The largest absolute Gasteiger partial charge is 0.483 e. The molecular formula is C12H8F9NO3. The van der Waals surface area contributed by atoms with E-state index in [9.17, 15) is 44.3 Å². The Labute approximate surface area is 133 Å². The van der Waals surface area contributed by atoms with Gasteiger partial charge in [0.2, 0.25) is 0 Å². The molecule has 1 unspecified atom stereocenters. The minimum atomic E-state index is -6.41. The Hall–Kier alpha value is -2.18. The molecule has 0 aliphatic heterocycles. The van der Waals surface area contributed by atoms with Gasteiger partial charge in [-0.2, -0.15) is 30.7 Å². The normalized spacial score (nSPS) is 14.1. The van der Waals surface area contributed by atoms with E-state index >= 15 is 0 Å². The number of nitrogens with one attached hydrogen (secondary N) is 1. The molecule has 0 fully saturated rings. The van der Waals surface area contributed by atoms with Crippen LogP contribution in [0.1, 0.15) is 0 Å². The summed E-state index contributed by atoms with van der Waals surface area (Å²) in [5, 5.41) is 1.97. The molecule has 1 amide bonds. The molecule has 1 N–H and O–H groups in total. The minimum absolute atomic E-state index is 0.0741. The SMILES string of the molecule is O=C(CF)Nc1ccc(OC(F)(F)C(F)OC(F)(F)C(F)(F)F)cc1. The van der Waals surface area contributed by atoms with Gasteiger partial charge in [0.25, 0.3) is 5.91 Å². The molecule has 4 nitrogen and oxygen atoms in total. The third-order valence-electron chi connectivity index (χ3n) is 2.36. The first-order valence-corrected chi connectivity index (χ1v) is 6.07. The number of hydrogen-bond donors (Lipinski definition) is 1. The van der Waals surface area contributed by atoms with Gasteiger partial charge in [-0.15, -0.1) is 0 Å².